The van der Waals surface area contributed by atoms with Crippen LogP contribution in [0.15, 0.2) is 112 Å². The van der Waals surface area contributed by atoms with Crippen molar-refractivity contribution >= 4 is 43.5 Å². The lowest BCUT2D eigenvalue weighted by Gasteiger charge is -2.34. The predicted molar refractivity (Wildman–Crippen MR) is 186 cm³/mol. The van der Waals surface area contributed by atoms with E-state index in [0.717, 1.165) is 52.4 Å². The molecule has 7 nitrogen and oxygen atoms in total. The van der Waals surface area contributed by atoms with E-state index in [9.17, 15) is 18.0 Å². The van der Waals surface area contributed by atoms with E-state index < -0.39 is 28.5 Å². The molecule has 1 fully saturated rings. The number of anilines is 1. The van der Waals surface area contributed by atoms with Crippen molar-refractivity contribution < 1.29 is 18.0 Å². The summed E-state index contributed by atoms with van der Waals surface area (Å²) in [6, 6.07) is 30.1. The molecule has 2 amide bonds. The van der Waals surface area contributed by atoms with Crippen LogP contribution in [-0.2, 0) is 32.6 Å². The number of amides is 2. The van der Waals surface area contributed by atoms with E-state index in [0.29, 0.717) is 5.69 Å². The highest BCUT2D eigenvalue weighted by Crippen LogP contribution is 2.27. The molecule has 0 spiro atoms. The van der Waals surface area contributed by atoms with Crippen LogP contribution < -0.4 is 9.62 Å². The molecule has 1 aliphatic carbocycles. The number of benzene rings is 4. The average Bonchev–Trinajstić information content (AvgIpc) is 3.55. The van der Waals surface area contributed by atoms with Crippen molar-refractivity contribution in [2.75, 3.05) is 10.8 Å². The molecular weight excluding hydrogens is 662 g/mol. The predicted octanol–water partition coefficient (Wildman–Crippen LogP) is 6.96. The van der Waals surface area contributed by atoms with Crippen LogP contribution in [0.1, 0.15) is 47.9 Å². The van der Waals surface area contributed by atoms with Crippen LogP contribution in [0, 0.1) is 13.8 Å². The molecule has 4 aromatic carbocycles. The molecule has 4 aromatic rings. The lowest BCUT2D eigenvalue weighted by molar-refractivity contribution is -0.140. The van der Waals surface area contributed by atoms with Crippen molar-refractivity contribution in [2.24, 2.45) is 0 Å². The highest BCUT2D eigenvalue weighted by Gasteiger charge is 2.35. The maximum absolute atomic E-state index is 14.7. The Hall–Kier alpha value is -3.95. The van der Waals surface area contributed by atoms with Gasteiger partial charge < -0.3 is 10.2 Å². The first-order chi connectivity index (χ1) is 22.1. The molecule has 0 bridgehead atoms. The first-order valence-corrected chi connectivity index (χ1v) is 17.9. The fourth-order valence-electron chi connectivity index (χ4n) is 6.10. The normalized spacial score (nSPS) is 14.1. The van der Waals surface area contributed by atoms with Gasteiger partial charge in [-0.05, 0) is 85.3 Å². The quantitative estimate of drug-likeness (QED) is 0.173. The number of carbonyl (C=O) groups is 2. The fourth-order valence-corrected chi connectivity index (χ4v) is 7.96. The minimum atomic E-state index is -4.14. The summed E-state index contributed by atoms with van der Waals surface area (Å²) in [7, 11) is -4.14. The number of rotatable bonds is 12. The van der Waals surface area contributed by atoms with Crippen LogP contribution in [0.5, 0.6) is 0 Å². The summed E-state index contributed by atoms with van der Waals surface area (Å²) >= 11 is 3.53. The molecule has 1 aliphatic rings. The minimum absolute atomic E-state index is 0.0545. The second-order valence-corrected chi connectivity index (χ2v) is 14.8. The van der Waals surface area contributed by atoms with Gasteiger partial charge in [-0.15, -0.1) is 0 Å². The van der Waals surface area contributed by atoms with Gasteiger partial charge >= 0.3 is 0 Å². The summed E-state index contributed by atoms with van der Waals surface area (Å²) in [5.74, 6) is -0.705. The van der Waals surface area contributed by atoms with E-state index in [1.165, 1.54) is 16.4 Å². The summed E-state index contributed by atoms with van der Waals surface area (Å²) in [5, 5.41) is 3.21. The monoisotopic (exact) mass is 701 g/mol. The van der Waals surface area contributed by atoms with E-state index in [1.54, 1.807) is 35.2 Å². The number of carbonyl (C=O) groups excluding carboxylic acids is 2. The Kier molecular flexibility index (Phi) is 11.0. The average molecular weight is 703 g/mol. The molecular formula is C37H40BrN3O4S. The molecule has 1 saturated carbocycles. The molecule has 46 heavy (non-hydrogen) atoms. The minimum Gasteiger partial charge on any atom is -0.352 e. The first kappa shape index (κ1) is 33.4. The van der Waals surface area contributed by atoms with Gasteiger partial charge in [0.2, 0.25) is 11.8 Å². The van der Waals surface area contributed by atoms with E-state index in [1.807, 2.05) is 74.5 Å². The van der Waals surface area contributed by atoms with E-state index in [2.05, 4.69) is 21.2 Å². The third-order valence-electron chi connectivity index (χ3n) is 8.32. The van der Waals surface area contributed by atoms with Gasteiger partial charge in [0, 0.05) is 23.5 Å². The number of nitrogens with one attached hydrogen (secondary N) is 1. The van der Waals surface area contributed by atoms with Crippen LogP contribution in [-0.4, -0.2) is 43.8 Å². The van der Waals surface area contributed by atoms with Gasteiger partial charge in [-0.1, -0.05) is 95.5 Å². The summed E-state index contributed by atoms with van der Waals surface area (Å²) in [6.45, 7) is 3.44. The third-order valence-corrected chi connectivity index (χ3v) is 10.6. The Balaban J connectivity index is 1.58. The Bertz CT molecular complexity index is 1740. The molecule has 0 heterocycles. The van der Waals surface area contributed by atoms with Gasteiger partial charge in [0.1, 0.15) is 12.6 Å². The Labute approximate surface area is 280 Å². The van der Waals surface area contributed by atoms with Crippen molar-refractivity contribution in [3.05, 3.63) is 130 Å². The summed E-state index contributed by atoms with van der Waals surface area (Å²) in [6.07, 6.45) is 4.20. The van der Waals surface area contributed by atoms with Crippen molar-refractivity contribution in [3.8, 4) is 0 Å². The van der Waals surface area contributed by atoms with E-state index in [4.69, 9.17) is 0 Å². The standard InChI is InChI=1S/C37H40BrN3O4S/c1-27-20-28(2)22-33(21-27)41(46(44,45)34-18-7-4-8-19-34)26-36(42)40(25-30-14-11-15-31(38)23-30)35(24-29-12-5-3-6-13-29)37(43)39-32-16-9-10-17-32/h3-8,11-15,18-23,32,35H,9-10,16-17,24-26H2,1-2H3,(H,39,43). The molecule has 5 rings (SSSR count). The number of nitrogens with zero attached hydrogens (tertiary/aromatic N) is 2. The maximum Gasteiger partial charge on any atom is 0.264 e. The SMILES string of the molecule is Cc1cc(C)cc(N(CC(=O)N(Cc2cccc(Br)c2)C(Cc2ccccc2)C(=O)NC2CCCC2)S(=O)(=O)c2ccccc2)c1. The summed E-state index contributed by atoms with van der Waals surface area (Å²) in [5.41, 5.74) is 3.87. The second kappa shape index (κ2) is 15.1. The van der Waals surface area contributed by atoms with Crippen molar-refractivity contribution in [2.45, 2.75) is 69.5 Å². The van der Waals surface area contributed by atoms with Gasteiger partial charge in [0.15, 0.2) is 0 Å². The number of halogens is 1. The van der Waals surface area contributed by atoms with Crippen molar-refractivity contribution in [1.29, 1.82) is 0 Å². The van der Waals surface area contributed by atoms with Crippen LogP contribution in [0.3, 0.4) is 0 Å². The zero-order valence-corrected chi connectivity index (χ0v) is 28.6. The number of sulfonamides is 1. The van der Waals surface area contributed by atoms with Gasteiger partial charge in [0.25, 0.3) is 10.0 Å². The molecule has 1 N–H and O–H groups in total. The highest BCUT2D eigenvalue weighted by molar-refractivity contribution is 9.10. The Morgan fingerprint density at radius 1 is 0.826 bits per heavy atom. The lowest BCUT2D eigenvalue weighted by atomic mass is 10.0. The number of hydrogen-bond acceptors (Lipinski definition) is 4. The van der Waals surface area contributed by atoms with Gasteiger partial charge in [-0.2, -0.15) is 0 Å². The Morgan fingerprint density at radius 3 is 2.07 bits per heavy atom. The van der Waals surface area contributed by atoms with E-state index >= 15 is 0 Å². The van der Waals surface area contributed by atoms with Crippen molar-refractivity contribution in [1.82, 2.24) is 10.2 Å². The molecule has 0 radical (unpaired) electrons. The van der Waals surface area contributed by atoms with Crippen LogP contribution in [0.2, 0.25) is 0 Å². The lowest BCUT2D eigenvalue weighted by Crippen LogP contribution is -2.54. The smallest absolute Gasteiger partial charge is 0.264 e. The molecule has 1 atom stereocenters. The van der Waals surface area contributed by atoms with Crippen LogP contribution >= 0.6 is 15.9 Å². The first-order valence-electron chi connectivity index (χ1n) is 15.6. The van der Waals surface area contributed by atoms with Crippen LogP contribution in [0.4, 0.5) is 5.69 Å². The van der Waals surface area contributed by atoms with Gasteiger partial charge in [-0.3, -0.25) is 13.9 Å². The topological polar surface area (TPSA) is 86.8 Å². The van der Waals surface area contributed by atoms with Crippen molar-refractivity contribution in [3.63, 3.8) is 0 Å². The zero-order chi connectivity index (χ0) is 32.7. The highest BCUT2D eigenvalue weighted by atomic mass is 79.9. The molecule has 0 aliphatic heterocycles. The molecule has 1 unspecified atom stereocenters. The maximum atomic E-state index is 14.7. The molecule has 0 aromatic heterocycles. The second-order valence-electron chi connectivity index (χ2n) is 12.0. The van der Waals surface area contributed by atoms with Gasteiger partial charge in [0.05, 0.1) is 10.6 Å². The summed E-state index contributed by atoms with van der Waals surface area (Å²) < 4.78 is 30.4. The van der Waals surface area contributed by atoms with Gasteiger partial charge in [-0.25, -0.2) is 8.42 Å². The number of hydrogen-bond donors (Lipinski definition) is 1. The van der Waals surface area contributed by atoms with Crippen LogP contribution in [0.25, 0.3) is 0 Å². The number of aryl methyl sites for hydroxylation is 2. The fraction of sp³-hybridized carbons (Fsp3) is 0.297. The zero-order valence-electron chi connectivity index (χ0n) is 26.2. The molecule has 9 heteroatoms. The molecule has 0 saturated heterocycles. The summed E-state index contributed by atoms with van der Waals surface area (Å²) in [4.78, 5) is 30.4. The molecule has 240 valence electrons. The third kappa shape index (κ3) is 8.44. The Morgan fingerprint density at radius 2 is 1.43 bits per heavy atom. The largest absolute Gasteiger partial charge is 0.352 e. The van der Waals surface area contributed by atoms with E-state index in [-0.39, 0.29) is 29.8 Å².